The fourth-order valence-corrected chi connectivity index (χ4v) is 4.18. The molecule has 0 spiro atoms. The van der Waals surface area contributed by atoms with E-state index in [1.807, 2.05) is 0 Å². The number of ketones is 1. The van der Waals surface area contributed by atoms with Crippen LogP contribution in [0.5, 0.6) is 11.5 Å². The van der Waals surface area contributed by atoms with Gasteiger partial charge in [-0.1, -0.05) is 0 Å². The van der Waals surface area contributed by atoms with Crippen molar-refractivity contribution in [2.45, 2.75) is 19.4 Å². The van der Waals surface area contributed by atoms with Crippen LogP contribution in [0.25, 0.3) is 11.3 Å². The molecule has 2 heterocycles. The van der Waals surface area contributed by atoms with E-state index in [0.717, 1.165) is 36.2 Å². The predicted molar refractivity (Wildman–Crippen MR) is 116 cm³/mol. The number of halogens is 1. The smallest absolute Gasteiger partial charge is 0.167 e. The third kappa shape index (κ3) is 4.61. The third-order valence-electron chi connectivity index (χ3n) is 5.79. The van der Waals surface area contributed by atoms with Crippen molar-refractivity contribution in [3.05, 3.63) is 65.6 Å². The van der Waals surface area contributed by atoms with Crippen LogP contribution >= 0.6 is 0 Å². The lowest BCUT2D eigenvalue weighted by Gasteiger charge is -2.32. The summed E-state index contributed by atoms with van der Waals surface area (Å²) in [6.45, 7) is 2.28. The van der Waals surface area contributed by atoms with Gasteiger partial charge in [-0.15, -0.1) is 0 Å². The summed E-state index contributed by atoms with van der Waals surface area (Å²) in [5.74, 6) is 0.947. The summed E-state index contributed by atoms with van der Waals surface area (Å²) in [5, 5.41) is 7.21. The first kappa shape index (κ1) is 21.1. The average Bonchev–Trinajstić information content (AvgIpc) is 3.26. The molecule has 1 aromatic heterocycles. The molecule has 0 amide bonds. The number of rotatable bonds is 7. The molecule has 31 heavy (non-hydrogen) atoms. The molecule has 0 saturated carbocycles. The molecule has 1 aliphatic heterocycles. The Hall–Kier alpha value is -3.19. The molecular weight excluding hydrogens is 397 g/mol. The Morgan fingerprint density at radius 2 is 1.94 bits per heavy atom. The number of likely N-dealkylation sites (tertiary alicyclic amines) is 1. The van der Waals surface area contributed by atoms with E-state index in [1.165, 1.54) is 12.1 Å². The monoisotopic (exact) mass is 423 g/mol. The molecule has 1 saturated heterocycles. The van der Waals surface area contributed by atoms with Crippen LogP contribution in [0.4, 0.5) is 4.39 Å². The Labute approximate surface area is 181 Å². The predicted octanol–water partition coefficient (Wildman–Crippen LogP) is 4.33. The minimum Gasteiger partial charge on any atom is -0.493 e. The molecule has 0 unspecified atom stereocenters. The molecule has 7 heteroatoms. The van der Waals surface area contributed by atoms with Crippen molar-refractivity contribution in [1.82, 2.24) is 15.1 Å². The highest BCUT2D eigenvalue weighted by Crippen LogP contribution is 2.31. The average molecular weight is 423 g/mol. The molecule has 4 rings (SSSR count). The van der Waals surface area contributed by atoms with Crippen LogP contribution in [-0.2, 0) is 6.54 Å². The number of Topliss-reactive ketones (excluding diaryl/α,β-unsaturated/α-hetero) is 1. The fourth-order valence-electron chi connectivity index (χ4n) is 4.18. The van der Waals surface area contributed by atoms with Crippen LogP contribution < -0.4 is 9.47 Å². The highest BCUT2D eigenvalue weighted by molar-refractivity contribution is 5.98. The zero-order valence-electron chi connectivity index (χ0n) is 17.7. The Bertz CT molecular complexity index is 1050. The molecule has 1 fully saturated rings. The normalized spacial score (nSPS) is 16.8. The van der Waals surface area contributed by atoms with Crippen molar-refractivity contribution in [2.75, 3.05) is 27.3 Å². The highest BCUT2D eigenvalue weighted by Gasteiger charge is 2.28. The summed E-state index contributed by atoms with van der Waals surface area (Å²) in [5.41, 5.74) is 3.45. The van der Waals surface area contributed by atoms with Crippen molar-refractivity contribution in [3.8, 4) is 22.8 Å². The van der Waals surface area contributed by atoms with Crippen molar-refractivity contribution < 1.29 is 18.7 Å². The Balaban J connectivity index is 1.47. The van der Waals surface area contributed by atoms with Crippen LogP contribution in [0.3, 0.4) is 0 Å². The molecule has 0 aliphatic carbocycles. The molecular formula is C24H26FN3O3. The van der Waals surface area contributed by atoms with Gasteiger partial charge >= 0.3 is 0 Å². The number of benzene rings is 2. The number of carbonyl (C=O) groups is 1. The number of H-pyrrole nitrogens is 1. The zero-order chi connectivity index (χ0) is 21.8. The third-order valence-corrected chi connectivity index (χ3v) is 5.79. The Morgan fingerprint density at radius 3 is 2.68 bits per heavy atom. The second-order valence-corrected chi connectivity index (χ2v) is 7.79. The summed E-state index contributed by atoms with van der Waals surface area (Å²) in [6.07, 6.45) is 3.62. The van der Waals surface area contributed by atoms with E-state index in [1.54, 1.807) is 50.7 Å². The van der Waals surface area contributed by atoms with Crippen LogP contribution in [-0.4, -0.2) is 48.2 Å². The molecule has 3 aromatic rings. The maximum Gasteiger partial charge on any atom is 0.167 e. The zero-order valence-corrected chi connectivity index (χ0v) is 17.7. The van der Waals surface area contributed by atoms with Crippen LogP contribution in [0.1, 0.15) is 28.8 Å². The number of hydrogen-bond acceptors (Lipinski definition) is 5. The van der Waals surface area contributed by atoms with Gasteiger partial charge in [-0.3, -0.25) is 14.8 Å². The highest BCUT2D eigenvalue weighted by atomic mass is 19.1. The van der Waals surface area contributed by atoms with Gasteiger partial charge in [0.05, 0.1) is 26.1 Å². The molecule has 0 bridgehead atoms. The van der Waals surface area contributed by atoms with Crippen molar-refractivity contribution in [3.63, 3.8) is 0 Å². The molecule has 2 aromatic carbocycles. The Morgan fingerprint density at radius 1 is 1.16 bits per heavy atom. The molecule has 1 aliphatic rings. The lowest BCUT2D eigenvalue weighted by molar-refractivity contribution is 0.0811. The maximum atomic E-state index is 13.3. The van der Waals surface area contributed by atoms with Gasteiger partial charge in [-0.05, 0) is 61.9 Å². The first-order valence-electron chi connectivity index (χ1n) is 10.4. The van der Waals surface area contributed by atoms with Gasteiger partial charge in [0.25, 0.3) is 0 Å². The standard InChI is InChI=1S/C24H26FN3O3/c1-30-21-10-7-17(12-22(21)31-2)24(29)18-4-3-11-28(14-18)15-19-13-26-27-23(19)16-5-8-20(25)9-6-16/h5-10,12-13,18H,3-4,11,14-15H2,1-2H3,(H,26,27)/t18-/m1/s1. The number of methoxy groups -OCH3 is 2. The number of hydrogen-bond donors (Lipinski definition) is 1. The van der Waals surface area contributed by atoms with Gasteiger partial charge in [-0.25, -0.2) is 4.39 Å². The second-order valence-electron chi connectivity index (χ2n) is 7.79. The van der Waals surface area contributed by atoms with Crippen LogP contribution in [0.2, 0.25) is 0 Å². The van der Waals surface area contributed by atoms with Crippen LogP contribution in [0, 0.1) is 11.7 Å². The van der Waals surface area contributed by atoms with E-state index in [4.69, 9.17) is 9.47 Å². The molecule has 1 N–H and O–H groups in total. The van der Waals surface area contributed by atoms with Crippen LogP contribution in [0.15, 0.2) is 48.7 Å². The SMILES string of the molecule is COc1ccc(C(=O)[C@@H]2CCCN(Cc3cn[nH]c3-c3ccc(F)cc3)C2)cc1OC. The minimum atomic E-state index is -0.266. The summed E-state index contributed by atoms with van der Waals surface area (Å²) in [4.78, 5) is 15.4. The number of carbonyl (C=O) groups excluding carboxylic acids is 1. The van der Waals surface area contributed by atoms with Crippen molar-refractivity contribution in [1.29, 1.82) is 0 Å². The Kier molecular flexibility index (Phi) is 6.32. The number of ether oxygens (including phenoxy) is 2. The van der Waals surface area contributed by atoms with Crippen molar-refractivity contribution in [2.24, 2.45) is 5.92 Å². The fraction of sp³-hybridized carbons (Fsp3) is 0.333. The van der Waals surface area contributed by atoms with E-state index < -0.39 is 0 Å². The summed E-state index contributed by atoms with van der Waals surface area (Å²) in [7, 11) is 3.15. The van der Waals surface area contributed by atoms with E-state index >= 15 is 0 Å². The topological polar surface area (TPSA) is 67.5 Å². The van der Waals surface area contributed by atoms with Gasteiger partial charge in [0.2, 0.25) is 0 Å². The number of aromatic nitrogens is 2. The van der Waals surface area contributed by atoms with Gasteiger partial charge in [0, 0.05) is 35.7 Å². The van der Waals surface area contributed by atoms with E-state index in [2.05, 4.69) is 15.1 Å². The molecule has 0 radical (unpaired) electrons. The summed E-state index contributed by atoms with van der Waals surface area (Å²) in [6, 6.07) is 11.7. The van der Waals surface area contributed by atoms with E-state index in [9.17, 15) is 9.18 Å². The van der Waals surface area contributed by atoms with Gasteiger partial charge < -0.3 is 9.47 Å². The van der Waals surface area contributed by atoms with Gasteiger partial charge in [-0.2, -0.15) is 5.10 Å². The second kappa shape index (κ2) is 9.31. The van der Waals surface area contributed by atoms with Gasteiger partial charge in [0.15, 0.2) is 17.3 Å². The van der Waals surface area contributed by atoms with Crippen molar-refractivity contribution >= 4 is 5.78 Å². The van der Waals surface area contributed by atoms with Gasteiger partial charge in [0.1, 0.15) is 5.82 Å². The minimum absolute atomic E-state index is 0.0759. The number of aromatic amines is 1. The molecule has 162 valence electrons. The lowest BCUT2D eigenvalue weighted by atomic mass is 9.89. The number of nitrogens with zero attached hydrogens (tertiary/aromatic N) is 2. The first-order valence-corrected chi connectivity index (χ1v) is 10.4. The maximum absolute atomic E-state index is 13.3. The summed E-state index contributed by atoms with van der Waals surface area (Å²) < 4.78 is 23.9. The molecule has 6 nitrogen and oxygen atoms in total. The van der Waals surface area contributed by atoms with E-state index in [0.29, 0.717) is 30.2 Å². The number of piperidine rings is 1. The number of nitrogens with one attached hydrogen (secondary N) is 1. The summed E-state index contributed by atoms with van der Waals surface area (Å²) >= 11 is 0. The van der Waals surface area contributed by atoms with E-state index in [-0.39, 0.29) is 17.5 Å². The quantitative estimate of drug-likeness (QED) is 0.573. The lowest BCUT2D eigenvalue weighted by Crippen LogP contribution is -2.38. The first-order chi connectivity index (χ1) is 15.1. The largest absolute Gasteiger partial charge is 0.493 e. The molecule has 1 atom stereocenters.